The number of hydrogen-bond acceptors (Lipinski definition) is 4. The Labute approximate surface area is 174 Å². The van der Waals surface area contributed by atoms with Crippen LogP contribution in [0.1, 0.15) is 42.1 Å². The van der Waals surface area contributed by atoms with Gasteiger partial charge in [-0.1, -0.05) is 12.1 Å². The van der Waals surface area contributed by atoms with Gasteiger partial charge < -0.3 is 10.2 Å². The lowest BCUT2D eigenvalue weighted by molar-refractivity contribution is -0.117. The molecule has 1 saturated carbocycles. The number of para-hydroxylation sites is 1. The molecule has 1 aromatic carbocycles. The van der Waals surface area contributed by atoms with Gasteiger partial charge in [0, 0.05) is 37.5 Å². The third-order valence-electron chi connectivity index (χ3n) is 5.85. The monoisotopic (exact) mass is 404 g/mol. The van der Waals surface area contributed by atoms with Gasteiger partial charge in [0.05, 0.1) is 23.5 Å². The summed E-state index contributed by atoms with van der Waals surface area (Å²) in [5.74, 6) is 1.00. The normalized spacial score (nSPS) is 17.1. The minimum atomic E-state index is 0.0160. The van der Waals surface area contributed by atoms with Gasteiger partial charge in [-0.3, -0.25) is 9.59 Å². The van der Waals surface area contributed by atoms with Crippen molar-refractivity contribution in [3.63, 3.8) is 0 Å². The minimum absolute atomic E-state index is 0.0160. The molecule has 0 bridgehead atoms. The van der Waals surface area contributed by atoms with Crippen molar-refractivity contribution in [1.82, 2.24) is 24.5 Å². The maximum absolute atomic E-state index is 13.2. The van der Waals surface area contributed by atoms with E-state index >= 15 is 0 Å². The lowest BCUT2D eigenvalue weighted by Gasteiger charge is -2.33. The van der Waals surface area contributed by atoms with E-state index in [0.717, 1.165) is 37.2 Å². The van der Waals surface area contributed by atoms with Crippen molar-refractivity contribution < 1.29 is 9.59 Å². The molecular weight excluding hydrogens is 380 g/mol. The predicted octanol–water partition coefficient (Wildman–Crippen LogP) is 2.89. The van der Waals surface area contributed by atoms with E-state index in [9.17, 15) is 9.59 Å². The second-order valence-electron chi connectivity index (χ2n) is 7.92. The van der Waals surface area contributed by atoms with E-state index in [1.165, 1.54) is 0 Å². The van der Waals surface area contributed by atoms with Gasteiger partial charge in [-0.25, -0.2) is 9.36 Å². The third-order valence-corrected chi connectivity index (χ3v) is 5.85. The molecular formula is C22H24N6O2. The Morgan fingerprint density at radius 2 is 1.73 bits per heavy atom. The molecule has 30 heavy (non-hydrogen) atoms. The smallest absolute Gasteiger partial charge is 0.256 e. The molecule has 2 fully saturated rings. The summed E-state index contributed by atoms with van der Waals surface area (Å²) >= 11 is 0. The van der Waals surface area contributed by atoms with Crippen LogP contribution in [-0.2, 0) is 4.79 Å². The lowest BCUT2D eigenvalue weighted by atomic mass is 10.0. The van der Waals surface area contributed by atoms with Crippen molar-refractivity contribution in [2.75, 3.05) is 18.4 Å². The van der Waals surface area contributed by atoms with Crippen LogP contribution in [-0.4, -0.2) is 49.4 Å². The van der Waals surface area contributed by atoms with Crippen molar-refractivity contribution in [2.45, 2.75) is 31.7 Å². The molecule has 0 atom stereocenters. The Morgan fingerprint density at radius 3 is 2.47 bits per heavy atom. The largest absolute Gasteiger partial charge is 0.338 e. The second kappa shape index (κ2) is 7.78. The molecule has 8 nitrogen and oxygen atoms in total. The van der Waals surface area contributed by atoms with Crippen LogP contribution in [0.2, 0.25) is 0 Å². The van der Waals surface area contributed by atoms with Gasteiger partial charge in [0.2, 0.25) is 5.91 Å². The highest BCUT2D eigenvalue weighted by atomic mass is 16.2. The summed E-state index contributed by atoms with van der Waals surface area (Å²) in [6.07, 6.45) is 8.80. The van der Waals surface area contributed by atoms with Crippen molar-refractivity contribution in [3.8, 4) is 5.69 Å². The van der Waals surface area contributed by atoms with Crippen LogP contribution in [0.25, 0.3) is 5.69 Å². The lowest BCUT2D eigenvalue weighted by Crippen LogP contribution is -2.39. The van der Waals surface area contributed by atoms with Crippen LogP contribution in [0.4, 0.5) is 5.82 Å². The molecule has 0 spiro atoms. The zero-order chi connectivity index (χ0) is 20.5. The van der Waals surface area contributed by atoms with Crippen LogP contribution >= 0.6 is 0 Å². The number of anilines is 1. The van der Waals surface area contributed by atoms with Crippen molar-refractivity contribution >= 4 is 17.6 Å². The number of aromatic nitrogens is 4. The standard InChI is InChI=1S/C22H24N6O2/c29-21(16-6-7-16)25-20-8-12-24-28(20)17-9-14-26(15-10-17)22(30)18-4-1-2-5-19(18)27-13-3-11-23-27/h1-5,8,11-13,16-17H,6-7,9-10,14-15H2,(H,25,29). The van der Waals surface area contributed by atoms with Gasteiger partial charge in [0.15, 0.2) is 0 Å². The number of benzene rings is 1. The first kappa shape index (κ1) is 18.6. The molecule has 1 aliphatic heterocycles. The first-order chi connectivity index (χ1) is 14.7. The van der Waals surface area contributed by atoms with E-state index in [4.69, 9.17) is 0 Å². The first-order valence-electron chi connectivity index (χ1n) is 10.4. The molecule has 3 aromatic rings. The second-order valence-corrected chi connectivity index (χ2v) is 7.92. The Balaban J connectivity index is 1.27. The fourth-order valence-electron chi connectivity index (χ4n) is 4.03. The number of piperidine rings is 1. The number of likely N-dealkylation sites (tertiary alicyclic amines) is 1. The minimum Gasteiger partial charge on any atom is -0.338 e. The zero-order valence-corrected chi connectivity index (χ0v) is 16.6. The molecule has 8 heteroatoms. The Morgan fingerprint density at radius 1 is 0.933 bits per heavy atom. The number of nitrogens with one attached hydrogen (secondary N) is 1. The van der Waals surface area contributed by atoms with Gasteiger partial charge in [-0.2, -0.15) is 10.2 Å². The van der Waals surface area contributed by atoms with E-state index in [1.54, 1.807) is 17.1 Å². The summed E-state index contributed by atoms with van der Waals surface area (Å²) < 4.78 is 3.62. The summed E-state index contributed by atoms with van der Waals surface area (Å²) in [4.78, 5) is 27.2. The molecule has 154 valence electrons. The Bertz CT molecular complexity index is 1050. The van der Waals surface area contributed by atoms with E-state index in [2.05, 4.69) is 15.5 Å². The van der Waals surface area contributed by atoms with Crippen LogP contribution in [0.5, 0.6) is 0 Å². The van der Waals surface area contributed by atoms with Crippen molar-refractivity contribution in [1.29, 1.82) is 0 Å². The highest BCUT2D eigenvalue weighted by Crippen LogP contribution is 2.31. The topological polar surface area (TPSA) is 85.0 Å². The fourth-order valence-corrected chi connectivity index (χ4v) is 4.03. The quantitative estimate of drug-likeness (QED) is 0.709. The van der Waals surface area contributed by atoms with Gasteiger partial charge >= 0.3 is 0 Å². The van der Waals surface area contributed by atoms with E-state index < -0.39 is 0 Å². The Hall–Kier alpha value is -3.42. The molecule has 0 unspecified atom stereocenters. The summed E-state index contributed by atoms with van der Waals surface area (Å²) in [6, 6.07) is 11.4. The van der Waals surface area contributed by atoms with E-state index in [1.807, 2.05) is 52.2 Å². The highest BCUT2D eigenvalue weighted by Gasteiger charge is 2.31. The zero-order valence-electron chi connectivity index (χ0n) is 16.6. The fraction of sp³-hybridized carbons (Fsp3) is 0.364. The van der Waals surface area contributed by atoms with E-state index in [0.29, 0.717) is 18.7 Å². The average molecular weight is 404 g/mol. The first-order valence-corrected chi connectivity index (χ1v) is 10.4. The maximum Gasteiger partial charge on any atom is 0.256 e. The van der Waals surface area contributed by atoms with E-state index in [-0.39, 0.29) is 23.8 Å². The number of hydrogen-bond donors (Lipinski definition) is 1. The molecule has 5 rings (SSSR count). The number of amides is 2. The molecule has 2 aromatic heterocycles. The molecule has 1 aliphatic carbocycles. The van der Waals surface area contributed by atoms with Gasteiger partial charge in [0.25, 0.3) is 5.91 Å². The van der Waals surface area contributed by atoms with Crippen LogP contribution < -0.4 is 5.32 Å². The van der Waals surface area contributed by atoms with Gasteiger partial charge in [0.1, 0.15) is 5.82 Å². The average Bonchev–Trinajstić information content (AvgIpc) is 3.30. The van der Waals surface area contributed by atoms with Crippen molar-refractivity contribution in [2.24, 2.45) is 5.92 Å². The van der Waals surface area contributed by atoms with Gasteiger partial charge in [-0.15, -0.1) is 0 Å². The molecule has 1 saturated heterocycles. The highest BCUT2D eigenvalue weighted by molar-refractivity contribution is 5.97. The van der Waals surface area contributed by atoms with Crippen LogP contribution in [0, 0.1) is 5.92 Å². The van der Waals surface area contributed by atoms with Crippen LogP contribution in [0.15, 0.2) is 55.0 Å². The predicted molar refractivity (Wildman–Crippen MR) is 111 cm³/mol. The number of carbonyl (C=O) groups is 2. The maximum atomic E-state index is 13.2. The number of carbonyl (C=O) groups excluding carboxylic acids is 2. The third kappa shape index (κ3) is 3.60. The summed E-state index contributed by atoms with van der Waals surface area (Å²) in [6.45, 7) is 1.29. The summed E-state index contributed by atoms with van der Waals surface area (Å²) in [5.41, 5.74) is 1.43. The molecule has 2 amide bonds. The molecule has 0 radical (unpaired) electrons. The molecule has 2 aliphatic rings. The van der Waals surface area contributed by atoms with Crippen molar-refractivity contribution in [3.05, 3.63) is 60.6 Å². The molecule has 3 heterocycles. The molecule has 1 N–H and O–H groups in total. The Kier molecular flexibility index (Phi) is 4.82. The summed E-state index contributed by atoms with van der Waals surface area (Å²) in [7, 11) is 0. The SMILES string of the molecule is O=C(Nc1ccnn1C1CCN(C(=O)c2ccccc2-n2cccn2)CC1)C1CC1. The number of rotatable bonds is 5. The number of nitrogens with zero attached hydrogens (tertiary/aromatic N) is 5. The summed E-state index contributed by atoms with van der Waals surface area (Å²) in [5, 5.41) is 11.7. The van der Waals surface area contributed by atoms with Crippen LogP contribution in [0.3, 0.4) is 0 Å². The van der Waals surface area contributed by atoms with Gasteiger partial charge in [-0.05, 0) is 43.9 Å².